The molecule has 2 heterocycles. The molecule has 0 bridgehead atoms. The minimum absolute atomic E-state index is 0.0293. The number of benzene rings is 2. The fraction of sp³-hybridized carbons (Fsp3) is 0.316. The first-order valence-corrected chi connectivity index (χ1v) is 8.12. The maximum atomic E-state index is 12.5. The number of amides is 1. The van der Waals surface area contributed by atoms with Crippen LogP contribution in [0.1, 0.15) is 34.1 Å². The molecule has 0 radical (unpaired) electrons. The lowest BCUT2D eigenvalue weighted by Gasteiger charge is -2.43. The van der Waals surface area contributed by atoms with Crippen LogP contribution in [0.4, 0.5) is 11.4 Å². The van der Waals surface area contributed by atoms with Gasteiger partial charge < -0.3 is 15.1 Å². The number of aryl methyl sites for hydroxylation is 1. The van der Waals surface area contributed by atoms with Crippen molar-refractivity contribution in [1.29, 1.82) is 0 Å². The van der Waals surface area contributed by atoms with Crippen molar-refractivity contribution in [2.24, 2.45) is 0 Å². The number of nitrogens with one attached hydrogen (secondary N) is 1. The van der Waals surface area contributed by atoms with E-state index in [-0.39, 0.29) is 12.1 Å². The molecule has 0 aliphatic carbocycles. The first kappa shape index (κ1) is 14.1. The van der Waals surface area contributed by atoms with Gasteiger partial charge in [-0.2, -0.15) is 0 Å². The highest BCUT2D eigenvalue weighted by Crippen LogP contribution is 2.39. The highest BCUT2D eigenvalue weighted by Gasteiger charge is 2.34. The Kier molecular flexibility index (Phi) is 3.26. The Morgan fingerprint density at radius 2 is 1.91 bits per heavy atom. The van der Waals surface area contributed by atoms with Gasteiger partial charge in [0.15, 0.2) is 0 Å². The van der Waals surface area contributed by atoms with Crippen molar-refractivity contribution in [3.05, 3.63) is 59.2 Å². The molecule has 0 saturated carbocycles. The summed E-state index contributed by atoms with van der Waals surface area (Å²) >= 11 is 0. The summed E-state index contributed by atoms with van der Waals surface area (Å²) in [6.07, 6.45) is 2.10. The molecule has 1 atom stereocenters. The van der Waals surface area contributed by atoms with Gasteiger partial charge in [-0.1, -0.05) is 24.3 Å². The van der Waals surface area contributed by atoms with Gasteiger partial charge >= 0.3 is 0 Å². The van der Waals surface area contributed by atoms with Crippen LogP contribution in [-0.2, 0) is 6.42 Å². The Balaban J connectivity index is 1.76. The van der Waals surface area contributed by atoms with Crippen LogP contribution in [-0.4, -0.2) is 26.5 Å². The maximum absolute atomic E-state index is 12.5. The van der Waals surface area contributed by atoms with Crippen molar-refractivity contribution in [1.82, 2.24) is 5.32 Å². The smallest absolute Gasteiger partial charge is 0.255 e. The summed E-state index contributed by atoms with van der Waals surface area (Å²) < 4.78 is 0. The maximum Gasteiger partial charge on any atom is 0.255 e. The van der Waals surface area contributed by atoms with Gasteiger partial charge in [0.05, 0.1) is 11.3 Å². The topological polar surface area (TPSA) is 35.6 Å². The highest BCUT2D eigenvalue weighted by molar-refractivity contribution is 6.03. The normalized spacial score (nSPS) is 19.1. The van der Waals surface area contributed by atoms with Crippen LogP contribution >= 0.6 is 0 Å². The van der Waals surface area contributed by atoms with E-state index >= 15 is 0 Å². The molecular formula is C19H21N3O. The molecule has 1 N–H and O–H groups in total. The van der Waals surface area contributed by atoms with E-state index in [4.69, 9.17) is 0 Å². The van der Waals surface area contributed by atoms with Gasteiger partial charge in [0, 0.05) is 26.3 Å². The van der Waals surface area contributed by atoms with E-state index in [1.807, 2.05) is 26.2 Å². The minimum Gasteiger partial charge on any atom is -0.378 e. The summed E-state index contributed by atoms with van der Waals surface area (Å²) in [4.78, 5) is 17.0. The van der Waals surface area contributed by atoms with E-state index in [1.165, 1.54) is 5.56 Å². The number of nitrogens with zero attached hydrogens (tertiary/aromatic N) is 2. The molecule has 2 aliphatic rings. The average Bonchev–Trinajstić information content (AvgIpc) is 2.58. The highest BCUT2D eigenvalue weighted by atomic mass is 16.2. The molecule has 0 saturated heterocycles. The van der Waals surface area contributed by atoms with Crippen molar-refractivity contribution >= 4 is 17.3 Å². The fourth-order valence-corrected chi connectivity index (χ4v) is 3.62. The van der Waals surface area contributed by atoms with Gasteiger partial charge in [-0.15, -0.1) is 0 Å². The van der Waals surface area contributed by atoms with Crippen molar-refractivity contribution in [2.75, 3.05) is 30.4 Å². The molecule has 0 aromatic heterocycles. The first-order valence-electron chi connectivity index (χ1n) is 8.12. The number of carbonyl (C=O) groups is 1. The second-order valence-corrected chi connectivity index (χ2v) is 6.47. The number of hydrogen-bond donors (Lipinski definition) is 1. The van der Waals surface area contributed by atoms with Crippen molar-refractivity contribution in [3.63, 3.8) is 0 Å². The SMILES string of the molecule is CN(C)c1ccc([C@H]2NC(=O)c3cccc4c3N2CCC4)cc1. The molecule has 23 heavy (non-hydrogen) atoms. The van der Waals surface area contributed by atoms with Gasteiger partial charge in [0.25, 0.3) is 5.91 Å². The minimum atomic E-state index is -0.0762. The number of hydrogen-bond acceptors (Lipinski definition) is 3. The van der Waals surface area contributed by atoms with E-state index in [2.05, 4.69) is 45.4 Å². The molecule has 0 unspecified atom stereocenters. The summed E-state index contributed by atoms with van der Waals surface area (Å²) in [5.74, 6) is 0.0293. The lowest BCUT2D eigenvalue weighted by Crippen LogP contribution is -2.48. The van der Waals surface area contributed by atoms with E-state index in [0.717, 1.165) is 41.9 Å². The van der Waals surface area contributed by atoms with E-state index < -0.39 is 0 Å². The second kappa shape index (κ2) is 5.30. The Labute approximate surface area is 136 Å². The van der Waals surface area contributed by atoms with Gasteiger partial charge in [-0.05, 0) is 42.2 Å². The summed E-state index contributed by atoms with van der Waals surface area (Å²) in [5.41, 5.74) is 5.52. The van der Waals surface area contributed by atoms with E-state index in [1.54, 1.807) is 0 Å². The number of rotatable bonds is 2. The second-order valence-electron chi connectivity index (χ2n) is 6.47. The van der Waals surface area contributed by atoms with Gasteiger partial charge in [-0.3, -0.25) is 4.79 Å². The molecular weight excluding hydrogens is 286 g/mol. The third-order valence-electron chi connectivity index (χ3n) is 4.80. The first-order chi connectivity index (χ1) is 11.1. The van der Waals surface area contributed by atoms with Crippen LogP contribution in [0.2, 0.25) is 0 Å². The lowest BCUT2D eigenvalue weighted by atomic mass is 9.93. The molecule has 118 valence electrons. The summed E-state index contributed by atoms with van der Waals surface area (Å²) in [5, 5.41) is 3.17. The number of carbonyl (C=O) groups excluding carboxylic acids is 1. The zero-order chi connectivity index (χ0) is 16.0. The van der Waals surface area contributed by atoms with Crippen LogP contribution in [0, 0.1) is 0 Å². The molecule has 2 aromatic carbocycles. The van der Waals surface area contributed by atoms with Crippen molar-refractivity contribution in [2.45, 2.75) is 19.0 Å². The van der Waals surface area contributed by atoms with Crippen LogP contribution in [0.5, 0.6) is 0 Å². The Morgan fingerprint density at radius 3 is 2.65 bits per heavy atom. The van der Waals surface area contributed by atoms with Gasteiger partial charge in [-0.25, -0.2) is 0 Å². The largest absolute Gasteiger partial charge is 0.378 e. The standard InChI is InChI=1S/C19H21N3O/c1-21(2)15-10-8-14(9-11-15)18-20-19(23)16-7-3-5-13-6-4-12-22(18)17(13)16/h3,5,7-11,18H,4,6,12H2,1-2H3,(H,20,23)/t18-/m0/s1. The number of para-hydroxylation sites is 1. The third kappa shape index (κ3) is 2.25. The predicted octanol–water partition coefficient (Wildman–Crippen LogP) is 2.95. The third-order valence-corrected chi connectivity index (χ3v) is 4.80. The zero-order valence-corrected chi connectivity index (χ0v) is 13.5. The zero-order valence-electron chi connectivity index (χ0n) is 13.5. The van der Waals surface area contributed by atoms with E-state index in [0.29, 0.717) is 0 Å². The van der Waals surface area contributed by atoms with Crippen LogP contribution in [0.15, 0.2) is 42.5 Å². The van der Waals surface area contributed by atoms with E-state index in [9.17, 15) is 4.79 Å². The quantitative estimate of drug-likeness (QED) is 0.926. The Hall–Kier alpha value is -2.49. The van der Waals surface area contributed by atoms with Crippen molar-refractivity contribution < 1.29 is 4.79 Å². The molecule has 4 heteroatoms. The van der Waals surface area contributed by atoms with Gasteiger partial charge in [0.1, 0.15) is 6.17 Å². The molecule has 1 amide bonds. The van der Waals surface area contributed by atoms with Crippen LogP contribution < -0.4 is 15.1 Å². The Bertz CT molecular complexity index is 752. The van der Waals surface area contributed by atoms with Crippen molar-refractivity contribution in [3.8, 4) is 0 Å². The molecule has 2 aromatic rings. The Morgan fingerprint density at radius 1 is 1.13 bits per heavy atom. The molecule has 0 spiro atoms. The summed E-state index contributed by atoms with van der Waals surface area (Å²) in [6.45, 7) is 0.977. The molecule has 4 nitrogen and oxygen atoms in total. The molecule has 2 aliphatic heterocycles. The number of anilines is 2. The fourth-order valence-electron chi connectivity index (χ4n) is 3.62. The van der Waals surface area contributed by atoms with Crippen LogP contribution in [0.3, 0.4) is 0 Å². The van der Waals surface area contributed by atoms with Gasteiger partial charge in [0.2, 0.25) is 0 Å². The lowest BCUT2D eigenvalue weighted by molar-refractivity contribution is 0.0925. The predicted molar refractivity (Wildman–Crippen MR) is 93.1 cm³/mol. The average molecular weight is 307 g/mol. The monoisotopic (exact) mass is 307 g/mol. The molecule has 4 rings (SSSR count). The summed E-state index contributed by atoms with van der Waals surface area (Å²) in [6, 6.07) is 14.5. The molecule has 0 fully saturated rings. The summed E-state index contributed by atoms with van der Waals surface area (Å²) in [7, 11) is 4.06. The van der Waals surface area contributed by atoms with Crippen LogP contribution in [0.25, 0.3) is 0 Å².